The lowest BCUT2D eigenvalue weighted by Crippen LogP contribution is -2.59. The van der Waals surface area contributed by atoms with Crippen LogP contribution in [-0.2, 0) is 15.1 Å². The van der Waals surface area contributed by atoms with Gasteiger partial charge in [0.1, 0.15) is 5.60 Å². The van der Waals surface area contributed by atoms with Gasteiger partial charge in [-0.2, -0.15) is 5.26 Å². The van der Waals surface area contributed by atoms with Gasteiger partial charge in [-0.25, -0.2) is 0 Å². The molecule has 6 aromatic rings. The van der Waals surface area contributed by atoms with E-state index in [2.05, 4.69) is 6.07 Å². The molecule has 0 unspecified atom stereocenters. The fraction of sp³-hybridized carbons (Fsp3) is 0.222. The van der Waals surface area contributed by atoms with E-state index in [0.717, 1.165) is 38.2 Å². The summed E-state index contributed by atoms with van der Waals surface area (Å²) in [6, 6.07) is 44.7. The van der Waals surface area contributed by atoms with E-state index in [4.69, 9.17) is 4.74 Å². The van der Waals surface area contributed by atoms with E-state index in [-0.39, 0.29) is 18.8 Å². The van der Waals surface area contributed by atoms with E-state index < -0.39 is 34.7 Å². The zero-order chi connectivity index (χ0) is 35.0. The van der Waals surface area contributed by atoms with Crippen LogP contribution in [0.3, 0.4) is 0 Å². The highest BCUT2D eigenvalue weighted by Crippen LogP contribution is 2.64. The summed E-state index contributed by atoms with van der Waals surface area (Å²) < 4.78 is 5.82. The molecule has 50 heavy (non-hydrogen) atoms. The Labute approximate surface area is 292 Å². The second-order valence-electron chi connectivity index (χ2n) is 13.6. The lowest BCUT2D eigenvalue weighted by Gasteiger charge is -2.54. The molecule has 1 aliphatic carbocycles. The molecule has 0 aliphatic heterocycles. The summed E-state index contributed by atoms with van der Waals surface area (Å²) in [4.78, 5) is 30.3. The number of nitriles is 1. The van der Waals surface area contributed by atoms with Gasteiger partial charge in [-0.3, -0.25) is 9.59 Å². The quantitative estimate of drug-likeness (QED) is 0.137. The molecule has 0 bridgehead atoms. The van der Waals surface area contributed by atoms with Gasteiger partial charge in [0.05, 0.1) is 18.6 Å². The number of ether oxygens (including phenoxy) is 1. The minimum absolute atomic E-state index is 0.0546. The summed E-state index contributed by atoms with van der Waals surface area (Å²) in [6.07, 6.45) is -0.0695. The zero-order valence-electron chi connectivity index (χ0n) is 28.5. The van der Waals surface area contributed by atoms with Crippen molar-refractivity contribution < 1.29 is 19.4 Å². The average molecular weight is 658 g/mol. The molecule has 0 heterocycles. The molecular formula is C45H39NO4. The van der Waals surface area contributed by atoms with Crippen molar-refractivity contribution in [2.24, 2.45) is 11.3 Å². The number of rotatable bonds is 7. The van der Waals surface area contributed by atoms with Crippen LogP contribution in [0.15, 0.2) is 133 Å². The van der Waals surface area contributed by atoms with Crippen molar-refractivity contribution in [2.45, 2.75) is 44.6 Å². The summed E-state index contributed by atoms with van der Waals surface area (Å²) in [7, 11) is 0. The summed E-state index contributed by atoms with van der Waals surface area (Å²) in [5.41, 5.74) is 0.643. The van der Waals surface area contributed by atoms with Crippen LogP contribution >= 0.6 is 0 Å². The van der Waals surface area contributed by atoms with Gasteiger partial charge in [0.25, 0.3) is 0 Å². The van der Waals surface area contributed by atoms with E-state index in [9.17, 15) is 15.2 Å². The summed E-state index contributed by atoms with van der Waals surface area (Å²) in [6.45, 7) is 5.72. The third-order valence-electron chi connectivity index (χ3n) is 10.7. The Morgan fingerprint density at radius 3 is 1.90 bits per heavy atom. The van der Waals surface area contributed by atoms with Crippen LogP contribution in [-0.4, -0.2) is 23.5 Å². The Morgan fingerprint density at radius 2 is 1.28 bits per heavy atom. The second kappa shape index (κ2) is 13.0. The fourth-order valence-electron chi connectivity index (χ4n) is 8.33. The van der Waals surface area contributed by atoms with Gasteiger partial charge >= 0.3 is 5.97 Å². The number of aliphatic hydroxyl groups is 1. The SMILES string of the molecule is CCOC(=O)[C@@]1(C#N)[C@H](c2ccc(C)cc2)[C@@H](C(=O)c2cccc3ccccc23)[C@@](O)(c2cccc3ccccc23)C[C@H]1c1ccc(C)cc1. The molecule has 5 atom stereocenters. The molecular weight excluding hydrogens is 618 g/mol. The van der Waals surface area contributed by atoms with Crippen molar-refractivity contribution in [2.75, 3.05) is 6.61 Å². The van der Waals surface area contributed by atoms with Crippen molar-refractivity contribution in [3.8, 4) is 6.07 Å². The molecule has 7 rings (SSSR count). The number of hydrogen-bond donors (Lipinski definition) is 1. The maximum absolute atomic E-state index is 15.6. The summed E-state index contributed by atoms with van der Waals surface area (Å²) >= 11 is 0. The van der Waals surface area contributed by atoms with Gasteiger partial charge in [0.15, 0.2) is 11.2 Å². The number of fused-ring (bicyclic) bond motifs is 2. The first-order valence-corrected chi connectivity index (χ1v) is 17.2. The summed E-state index contributed by atoms with van der Waals surface area (Å²) in [5, 5.41) is 28.6. The smallest absolute Gasteiger partial charge is 0.327 e. The van der Waals surface area contributed by atoms with Crippen molar-refractivity contribution >= 4 is 33.3 Å². The van der Waals surface area contributed by atoms with Crippen LogP contribution in [0.5, 0.6) is 0 Å². The van der Waals surface area contributed by atoms with Crippen LogP contribution in [0.25, 0.3) is 21.5 Å². The van der Waals surface area contributed by atoms with E-state index >= 15 is 4.79 Å². The van der Waals surface area contributed by atoms with Gasteiger partial charge in [0, 0.05) is 17.4 Å². The Bertz CT molecular complexity index is 2260. The van der Waals surface area contributed by atoms with Crippen molar-refractivity contribution in [3.05, 3.63) is 167 Å². The van der Waals surface area contributed by atoms with E-state index in [1.54, 1.807) is 13.0 Å². The number of Topliss-reactive ketones (excluding diaryl/α,β-unsaturated/α-hetero) is 1. The summed E-state index contributed by atoms with van der Waals surface area (Å²) in [5.74, 6) is -4.22. The minimum atomic E-state index is -1.87. The normalized spacial score (nSPS) is 23.3. The monoisotopic (exact) mass is 657 g/mol. The van der Waals surface area contributed by atoms with Gasteiger partial charge in [-0.15, -0.1) is 0 Å². The van der Waals surface area contributed by atoms with Gasteiger partial charge in [0.2, 0.25) is 0 Å². The third-order valence-corrected chi connectivity index (χ3v) is 10.7. The van der Waals surface area contributed by atoms with Crippen LogP contribution in [0.2, 0.25) is 0 Å². The molecule has 0 spiro atoms. The molecule has 1 fully saturated rings. The van der Waals surface area contributed by atoms with Crippen molar-refractivity contribution in [1.82, 2.24) is 0 Å². The molecule has 6 aromatic carbocycles. The van der Waals surface area contributed by atoms with Crippen LogP contribution in [0.1, 0.15) is 63.4 Å². The second-order valence-corrected chi connectivity index (χ2v) is 13.6. The molecule has 5 nitrogen and oxygen atoms in total. The van der Waals surface area contributed by atoms with Gasteiger partial charge < -0.3 is 9.84 Å². The lowest BCUT2D eigenvalue weighted by molar-refractivity contribution is -0.164. The zero-order valence-corrected chi connectivity index (χ0v) is 28.5. The predicted octanol–water partition coefficient (Wildman–Crippen LogP) is 9.34. The molecule has 0 aromatic heterocycles. The highest BCUT2D eigenvalue weighted by molar-refractivity contribution is 6.10. The Kier molecular flexibility index (Phi) is 8.59. The number of ketones is 1. The Hall–Kier alpha value is -5.57. The van der Waals surface area contributed by atoms with Gasteiger partial charge in [-0.05, 0) is 65.4 Å². The maximum Gasteiger partial charge on any atom is 0.327 e. The highest BCUT2D eigenvalue weighted by Gasteiger charge is 2.68. The molecule has 1 N–H and O–H groups in total. The molecule has 248 valence electrons. The maximum atomic E-state index is 15.6. The van der Waals surface area contributed by atoms with Gasteiger partial charge in [-0.1, -0.05) is 145 Å². The molecule has 0 amide bonds. The molecule has 0 radical (unpaired) electrons. The van der Waals surface area contributed by atoms with Crippen molar-refractivity contribution in [1.29, 1.82) is 5.26 Å². The number of carbonyl (C=O) groups is 2. The van der Waals surface area contributed by atoms with Crippen LogP contribution < -0.4 is 0 Å². The first-order valence-electron chi connectivity index (χ1n) is 17.2. The largest absolute Gasteiger partial charge is 0.465 e. The van der Waals surface area contributed by atoms with Crippen LogP contribution in [0, 0.1) is 36.5 Å². The minimum Gasteiger partial charge on any atom is -0.465 e. The number of nitrogens with zero attached hydrogens (tertiary/aromatic N) is 1. The standard InChI is InChI=1S/C45H39NO4/c1-4-50-43(48)44(28-46)39(33-23-19-29(2)20-24-33)27-45(49,38-18-10-14-32-12-6-8-16-36(32)38)41(40(44)34-25-21-30(3)22-26-34)42(47)37-17-9-13-31-11-5-7-15-35(31)37/h5-26,39-41,49H,4,27H2,1-3H3/t39-,40+,41-,44+,45-/m0/s1. The van der Waals surface area contributed by atoms with Crippen LogP contribution in [0.4, 0.5) is 0 Å². The number of esters is 1. The predicted molar refractivity (Wildman–Crippen MR) is 197 cm³/mol. The first-order chi connectivity index (χ1) is 24.2. The number of carbonyl (C=O) groups excluding carboxylic acids is 2. The highest BCUT2D eigenvalue weighted by atomic mass is 16.5. The molecule has 1 aliphatic rings. The topological polar surface area (TPSA) is 87.4 Å². The van der Waals surface area contributed by atoms with E-state index in [0.29, 0.717) is 16.7 Å². The number of aryl methyl sites for hydroxylation is 2. The lowest BCUT2D eigenvalue weighted by atomic mass is 9.47. The molecule has 5 heteroatoms. The van der Waals surface area contributed by atoms with E-state index in [1.807, 2.05) is 141 Å². The number of benzene rings is 6. The Morgan fingerprint density at radius 1 is 0.740 bits per heavy atom. The third kappa shape index (κ3) is 5.28. The molecule has 0 saturated heterocycles. The van der Waals surface area contributed by atoms with Crippen molar-refractivity contribution in [3.63, 3.8) is 0 Å². The fourth-order valence-corrected chi connectivity index (χ4v) is 8.33. The molecule has 1 saturated carbocycles. The van der Waals surface area contributed by atoms with E-state index in [1.165, 1.54) is 0 Å². The Balaban J connectivity index is 1.62. The number of hydrogen-bond acceptors (Lipinski definition) is 5. The first kappa shape index (κ1) is 33.0. The average Bonchev–Trinajstić information content (AvgIpc) is 3.14.